The van der Waals surface area contributed by atoms with E-state index in [0.717, 1.165) is 0 Å². The van der Waals surface area contributed by atoms with Crippen LogP contribution >= 0.6 is 0 Å². The molecule has 0 spiro atoms. The standard InChI is InChI=1S/C26H31NO6/c1-18(20-11-8-12-21(17-20)24(30)19-9-6-5-7-10-19)25(31)32-16-15-27-22(28)13-14-23(29)33-26(2,3)4/h5-12,17-18H,13-16H2,1-4H3,(H,27,28). The quantitative estimate of drug-likeness (QED) is 0.334. The molecule has 2 aromatic carbocycles. The molecule has 33 heavy (non-hydrogen) atoms. The van der Waals surface area contributed by atoms with E-state index in [1.54, 1.807) is 76.2 Å². The molecule has 7 heteroatoms. The largest absolute Gasteiger partial charge is 0.463 e. The van der Waals surface area contributed by atoms with Gasteiger partial charge in [-0.05, 0) is 39.3 Å². The number of benzene rings is 2. The second-order valence-electron chi connectivity index (χ2n) is 8.65. The van der Waals surface area contributed by atoms with E-state index in [4.69, 9.17) is 9.47 Å². The summed E-state index contributed by atoms with van der Waals surface area (Å²) >= 11 is 0. The van der Waals surface area contributed by atoms with E-state index in [2.05, 4.69) is 5.32 Å². The average molecular weight is 454 g/mol. The molecule has 1 unspecified atom stereocenters. The fraction of sp³-hybridized carbons (Fsp3) is 0.385. The summed E-state index contributed by atoms with van der Waals surface area (Å²) in [4.78, 5) is 48.5. The van der Waals surface area contributed by atoms with Gasteiger partial charge in [0.2, 0.25) is 5.91 Å². The van der Waals surface area contributed by atoms with Crippen LogP contribution in [-0.2, 0) is 23.9 Å². The van der Waals surface area contributed by atoms with E-state index < -0.39 is 23.5 Å². The third kappa shape index (κ3) is 8.88. The maximum absolute atomic E-state index is 12.6. The Labute approximate surface area is 194 Å². The van der Waals surface area contributed by atoms with Crippen LogP contribution in [-0.4, -0.2) is 42.4 Å². The number of ketones is 1. The SMILES string of the molecule is CC(C(=O)OCCNC(=O)CCC(=O)OC(C)(C)C)c1cccc(C(=O)c2ccccc2)c1. The highest BCUT2D eigenvalue weighted by Gasteiger charge is 2.19. The van der Waals surface area contributed by atoms with Crippen LogP contribution in [0.3, 0.4) is 0 Å². The summed E-state index contributed by atoms with van der Waals surface area (Å²) in [7, 11) is 0. The number of ether oxygens (including phenoxy) is 2. The van der Waals surface area contributed by atoms with Crippen molar-refractivity contribution in [2.75, 3.05) is 13.2 Å². The van der Waals surface area contributed by atoms with Crippen molar-refractivity contribution in [2.24, 2.45) is 0 Å². The molecule has 0 aliphatic carbocycles. The minimum Gasteiger partial charge on any atom is -0.463 e. The lowest BCUT2D eigenvalue weighted by Gasteiger charge is -2.19. The van der Waals surface area contributed by atoms with Crippen LogP contribution < -0.4 is 5.32 Å². The Balaban J connectivity index is 1.78. The first kappa shape index (κ1) is 25.8. The third-order valence-corrected chi connectivity index (χ3v) is 4.68. The molecule has 0 fully saturated rings. The van der Waals surface area contributed by atoms with Gasteiger partial charge >= 0.3 is 11.9 Å². The summed E-state index contributed by atoms with van der Waals surface area (Å²) in [5.74, 6) is -1.91. The smallest absolute Gasteiger partial charge is 0.313 e. The maximum atomic E-state index is 12.6. The van der Waals surface area contributed by atoms with E-state index in [1.165, 1.54) is 0 Å². The van der Waals surface area contributed by atoms with Crippen molar-refractivity contribution in [3.05, 3.63) is 71.3 Å². The van der Waals surface area contributed by atoms with Gasteiger partial charge in [0, 0.05) is 17.5 Å². The van der Waals surface area contributed by atoms with E-state index >= 15 is 0 Å². The van der Waals surface area contributed by atoms with Crippen LogP contribution in [0.1, 0.15) is 67.9 Å². The van der Waals surface area contributed by atoms with Gasteiger partial charge in [0.1, 0.15) is 12.2 Å². The average Bonchev–Trinajstić information content (AvgIpc) is 2.79. The Morgan fingerprint density at radius 3 is 2.24 bits per heavy atom. The molecule has 0 aromatic heterocycles. The molecule has 176 valence electrons. The summed E-state index contributed by atoms with van der Waals surface area (Å²) < 4.78 is 10.4. The number of hydrogen-bond donors (Lipinski definition) is 1. The van der Waals surface area contributed by atoms with Crippen molar-refractivity contribution in [3.8, 4) is 0 Å². The fourth-order valence-electron chi connectivity index (χ4n) is 3.01. The molecule has 7 nitrogen and oxygen atoms in total. The van der Waals surface area contributed by atoms with Gasteiger partial charge in [0.05, 0.1) is 18.9 Å². The Morgan fingerprint density at radius 2 is 1.58 bits per heavy atom. The van der Waals surface area contributed by atoms with Crippen molar-refractivity contribution in [1.29, 1.82) is 0 Å². The molecule has 0 aliphatic heterocycles. The van der Waals surface area contributed by atoms with E-state index in [1.807, 2.05) is 6.07 Å². The monoisotopic (exact) mass is 453 g/mol. The molecular formula is C26H31NO6. The molecule has 0 heterocycles. The summed E-state index contributed by atoms with van der Waals surface area (Å²) in [5.41, 5.74) is 1.15. The maximum Gasteiger partial charge on any atom is 0.313 e. The Kier molecular flexibility index (Phi) is 9.33. The normalized spacial score (nSPS) is 11.9. The molecule has 0 bridgehead atoms. The lowest BCUT2D eigenvalue weighted by molar-refractivity contribution is -0.155. The number of hydrogen-bond acceptors (Lipinski definition) is 6. The number of amides is 1. The first-order valence-electron chi connectivity index (χ1n) is 10.9. The van der Waals surface area contributed by atoms with Gasteiger partial charge in [0.25, 0.3) is 0 Å². The van der Waals surface area contributed by atoms with Crippen LogP contribution in [0.2, 0.25) is 0 Å². The lowest BCUT2D eigenvalue weighted by Crippen LogP contribution is -2.30. The summed E-state index contributed by atoms with van der Waals surface area (Å²) in [6.07, 6.45) is -0.0144. The van der Waals surface area contributed by atoms with Crippen LogP contribution in [0.4, 0.5) is 0 Å². The zero-order chi connectivity index (χ0) is 24.4. The van der Waals surface area contributed by atoms with E-state index in [0.29, 0.717) is 16.7 Å². The molecule has 1 atom stereocenters. The zero-order valence-corrected chi connectivity index (χ0v) is 19.6. The first-order chi connectivity index (χ1) is 15.6. The summed E-state index contributed by atoms with van der Waals surface area (Å²) in [6.45, 7) is 7.13. The minimum atomic E-state index is -0.590. The van der Waals surface area contributed by atoms with Gasteiger partial charge in [-0.15, -0.1) is 0 Å². The van der Waals surface area contributed by atoms with Crippen molar-refractivity contribution < 1.29 is 28.7 Å². The molecule has 0 saturated heterocycles. The van der Waals surface area contributed by atoms with Gasteiger partial charge in [-0.2, -0.15) is 0 Å². The molecular weight excluding hydrogens is 422 g/mol. The number of nitrogens with one attached hydrogen (secondary N) is 1. The van der Waals surface area contributed by atoms with Crippen molar-refractivity contribution in [3.63, 3.8) is 0 Å². The second-order valence-corrected chi connectivity index (χ2v) is 8.65. The minimum absolute atomic E-state index is 0.00149. The highest BCUT2D eigenvalue weighted by atomic mass is 16.6. The molecule has 1 N–H and O–H groups in total. The summed E-state index contributed by atoms with van der Waals surface area (Å²) in [5, 5.41) is 2.61. The van der Waals surface area contributed by atoms with Crippen molar-refractivity contribution in [2.45, 2.75) is 52.1 Å². The molecule has 1 amide bonds. The van der Waals surface area contributed by atoms with Gasteiger partial charge in [-0.3, -0.25) is 19.2 Å². The summed E-state index contributed by atoms with van der Waals surface area (Å²) in [6, 6.07) is 15.8. The van der Waals surface area contributed by atoms with Crippen molar-refractivity contribution >= 4 is 23.6 Å². The van der Waals surface area contributed by atoms with Gasteiger partial charge in [0.15, 0.2) is 5.78 Å². The van der Waals surface area contributed by atoms with Crippen LogP contribution in [0, 0.1) is 0 Å². The predicted octanol–water partition coefficient (Wildman–Crippen LogP) is 3.80. The number of esters is 2. The predicted molar refractivity (Wildman–Crippen MR) is 124 cm³/mol. The molecule has 0 saturated carbocycles. The fourth-order valence-corrected chi connectivity index (χ4v) is 3.01. The number of carbonyl (C=O) groups excluding carboxylic acids is 4. The van der Waals surface area contributed by atoms with Crippen LogP contribution in [0.5, 0.6) is 0 Å². The third-order valence-electron chi connectivity index (χ3n) is 4.68. The topological polar surface area (TPSA) is 98.8 Å². The number of carbonyl (C=O) groups is 4. The lowest BCUT2D eigenvalue weighted by atomic mass is 9.96. The highest BCUT2D eigenvalue weighted by Crippen LogP contribution is 2.20. The van der Waals surface area contributed by atoms with Gasteiger partial charge < -0.3 is 14.8 Å². The number of rotatable bonds is 10. The second kappa shape index (κ2) is 11.9. The molecule has 0 radical (unpaired) electrons. The Morgan fingerprint density at radius 1 is 0.909 bits per heavy atom. The zero-order valence-electron chi connectivity index (χ0n) is 19.6. The van der Waals surface area contributed by atoms with Gasteiger partial charge in [-0.1, -0.05) is 48.5 Å². The molecule has 2 rings (SSSR count). The van der Waals surface area contributed by atoms with Crippen LogP contribution in [0.15, 0.2) is 54.6 Å². The Bertz CT molecular complexity index is 978. The van der Waals surface area contributed by atoms with E-state index in [9.17, 15) is 19.2 Å². The van der Waals surface area contributed by atoms with Crippen LogP contribution in [0.25, 0.3) is 0 Å². The van der Waals surface area contributed by atoms with Gasteiger partial charge in [-0.25, -0.2) is 0 Å². The molecule has 2 aromatic rings. The van der Waals surface area contributed by atoms with E-state index in [-0.39, 0.29) is 37.7 Å². The first-order valence-corrected chi connectivity index (χ1v) is 10.9. The van der Waals surface area contributed by atoms with Crippen molar-refractivity contribution in [1.82, 2.24) is 5.32 Å². The highest BCUT2D eigenvalue weighted by molar-refractivity contribution is 6.09. The molecule has 0 aliphatic rings. The Hall–Kier alpha value is -3.48.